The summed E-state index contributed by atoms with van der Waals surface area (Å²) in [6, 6.07) is 22.4. The first-order valence-electron chi connectivity index (χ1n) is 12.3. The molecule has 0 unspecified atom stereocenters. The molecule has 3 aromatic rings. The summed E-state index contributed by atoms with van der Waals surface area (Å²) in [5.41, 5.74) is 4.12. The summed E-state index contributed by atoms with van der Waals surface area (Å²) in [7, 11) is 0. The number of carboxylic acids is 1. The van der Waals surface area contributed by atoms with Crippen molar-refractivity contribution in [3.8, 4) is 16.9 Å². The Bertz CT molecular complexity index is 1130. The lowest BCUT2D eigenvalue weighted by atomic mass is 9.99. The number of anilines is 1. The molecular formula is C29H32N2O4. The Labute approximate surface area is 206 Å². The molecule has 1 aliphatic rings. The highest BCUT2D eigenvalue weighted by atomic mass is 16.5. The van der Waals surface area contributed by atoms with Gasteiger partial charge in [-0.3, -0.25) is 4.79 Å². The van der Waals surface area contributed by atoms with Gasteiger partial charge in [-0.05, 0) is 72.5 Å². The van der Waals surface area contributed by atoms with Gasteiger partial charge in [0.1, 0.15) is 5.75 Å². The summed E-state index contributed by atoms with van der Waals surface area (Å²) in [5.74, 6) is -0.326. The molecule has 3 aromatic carbocycles. The van der Waals surface area contributed by atoms with E-state index in [0.717, 1.165) is 48.2 Å². The molecule has 0 saturated carbocycles. The average Bonchev–Trinajstić information content (AvgIpc) is 2.88. The third-order valence-electron chi connectivity index (χ3n) is 6.29. The fourth-order valence-corrected chi connectivity index (χ4v) is 4.37. The first kappa shape index (κ1) is 24.5. The van der Waals surface area contributed by atoms with Gasteiger partial charge >= 0.3 is 5.97 Å². The molecule has 0 fully saturated rings. The van der Waals surface area contributed by atoms with Crippen LogP contribution in [0.3, 0.4) is 0 Å². The minimum Gasteiger partial charge on any atom is -0.484 e. The highest BCUT2D eigenvalue weighted by molar-refractivity contribution is 5.95. The maximum atomic E-state index is 13.3. The average molecular weight is 473 g/mol. The number of para-hydroxylation sites is 1. The smallest absolute Gasteiger partial charge is 0.335 e. The van der Waals surface area contributed by atoms with Gasteiger partial charge < -0.3 is 20.1 Å². The fraction of sp³-hybridized carbons (Fsp3) is 0.310. The lowest BCUT2D eigenvalue weighted by Crippen LogP contribution is -2.37. The molecule has 0 bridgehead atoms. The largest absolute Gasteiger partial charge is 0.484 e. The highest BCUT2D eigenvalue weighted by Crippen LogP contribution is 2.29. The van der Waals surface area contributed by atoms with E-state index in [9.17, 15) is 14.7 Å². The van der Waals surface area contributed by atoms with Crippen molar-refractivity contribution in [3.63, 3.8) is 0 Å². The number of benzene rings is 3. The van der Waals surface area contributed by atoms with Crippen LogP contribution in [0.2, 0.25) is 0 Å². The van der Waals surface area contributed by atoms with Gasteiger partial charge in [-0.25, -0.2) is 4.79 Å². The minimum atomic E-state index is -0.940. The van der Waals surface area contributed by atoms with Crippen molar-refractivity contribution in [2.24, 2.45) is 0 Å². The van der Waals surface area contributed by atoms with E-state index in [0.29, 0.717) is 18.8 Å². The standard InChI is InChI=1S/C29H32N2O4/c32-28(21-35-26-9-5-4-6-10-26)31-18-8-3-1-2-7-17-30-20-25-19-24(15-16-27(25)31)22-11-13-23(14-12-22)29(33)34/h4-6,9-16,19,30H,1-3,7-8,17-18,20-21H2,(H,33,34). The highest BCUT2D eigenvalue weighted by Gasteiger charge is 2.20. The van der Waals surface area contributed by atoms with Crippen molar-refractivity contribution in [1.82, 2.24) is 5.32 Å². The second kappa shape index (κ2) is 12.2. The molecule has 2 N–H and O–H groups in total. The number of amides is 1. The summed E-state index contributed by atoms with van der Waals surface area (Å²) < 4.78 is 5.78. The molecule has 4 rings (SSSR count). The number of fused-ring (bicyclic) bond motifs is 1. The van der Waals surface area contributed by atoms with E-state index in [1.807, 2.05) is 59.5 Å². The van der Waals surface area contributed by atoms with E-state index in [4.69, 9.17) is 4.74 Å². The summed E-state index contributed by atoms with van der Waals surface area (Å²) >= 11 is 0. The van der Waals surface area contributed by atoms with Crippen LogP contribution in [-0.2, 0) is 11.3 Å². The van der Waals surface area contributed by atoms with E-state index in [2.05, 4.69) is 11.4 Å². The molecule has 1 aliphatic heterocycles. The predicted molar refractivity (Wildman–Crippen MR) is 138 cm³/mol. The van der Waals surface area contributed by atoms with Crippen molar-refractivity contribution >= 4 is 17.6 Å². The first-order chi connectivity index (χ1) is 17.1. The normalized spacial score (nSPS) is 14.8. The maximum absolute atomic E-state index is 13.3. The van der Waals surface area contributed by atoms with E-state index in [1.54, 1.807) is 12.1 Å². The number of hydrogen-bond acceptors (Lipinski definition) is 4. The van der Waals surface area contributed by atoms with E-state index >= 15 is 0 Å². The maximum Gasteiger partial charge on any atom is 0.335 e. The third-order valence-corrected chi connectivity index (χ3v) is 6.29. The van der Waals surface area contributed by atoms with Gasteiger partial charge in [0.15, 0.2) is 6.61 Å². The molecule has 35 heavy (non-hydrogen) atoms. The lowest BCUT2D eigenvalue weighted by molar-refractivity contribution is -0.120. The van der Waals surface area contributed by atoms with Crippen LogP contribution in [-0.4, -0.2) is 36.7 Å². The zero-order valence-corrected chi connectivity index (χ0v) is 19.9. The summed E-state index contributed by atoms with van der Waals surface area (Å²) in [6.45, 7) is 2.22. The molecule has 6 nitrogen and oxygen atoms in total. The second-order valence-electron chi connectivity index (χ2n) is 8.82. The summed E-state index contributed by atoms with van der Waals surface area (Å²) in [4.78, 5) is 26.4. The van der Waals surface area contributed by atoms with Crippen molar-refractivity contribution in [2.75, 3.05) is 24.6 Å². The number of carbonyl (C=O) groups excluding carboxylic acids is 1. The van der Waals surface area contributed by atoms with Crippen molar-refractivity contribution in [2.45, 2.75) is 38.6 Å². The number of carbonyl (C=O) groups is 2. The quantitative estimate of drug-likeness (QED) is 0.511. The molecule has 0 aromatic heterocycles. The fourth-order valence-electron chi connectivity index (χ4n) is 4.37. The molecule has 0 atom stereocenters. The van der Waals surface area contributed by atoms with Gasteiger partial charge in [0, 0.05) is 18.8 Å². The van der Waals surface area contributed by atoms with Crippen LogP contribution >= 0.6 is 0 Å². The van der Waals surface area contributed by atoms with Crippen LogP contribution in [0.4, 0.5) is 5.69 Å². The van der Waals surface area contributed by atoms with Crippen LogP contribution in [0.1, 0.15) is 48.0 Å². The van der Waals surface area contributed by atoms with Gasteiger partial charge in [-0.1, -0.05) is 55.7 Å². The summed E-state index contributed by atoms with van der Waals surface area (Å²) in [6.07, 6.45) is 5.53. The van der Waals surface area contributed by atoms with Gasteiger partial charge in [-0.15, -0.1) is 0 Å². The van der Waals surface area contributed by atoms with Crippen LogP contribution in [0.25, 0.3) is 11.1 Å². The monoisotopic (exact) mass is 472 g/mol. The molecule has 1 heterocycles. The Morgan fingerprint density at radius 1 is 0.857 bits per heavy atom. The third kappa shape index (κ3) is 6.70. The molecular weight excluding hydrogens is 440 g/mol. The van der Waals surface area contributed by atoms with E-state index in [-0.39, 0.29) is 18.1 Å². The van der Waals surface area contributed by atoms with E-state index in [1.165, 1.54) is 12.8 Å². The van der Waals surface area contributed by atoms with Gasteiger partial charge in [-0.2, -0.15) is 0 Å². The number of rotatable bonds is 5. The first-order valence-corrected chi connectivity index (χ1v) is 12.3. The van der Waals surface area contributed by atoms with Crippen LogP contribution in [0.15, 0.2) is 72.8 Å². The number of aromatic carboxylic acids is 1. The molecule has 1 amide bonds. The lowest BCUT2D eigenvalue weighted by Gasteiger charge is -2.27. The van der Waals surface area contributed by atoms with Gasteiger partial charge in [0.2, 0.25) is 0 Å². The van der Waals surface area contributed by atoms with E-state index < -0.39 is 5.97 Å². The Balaban J connectivity index is 1.62. The molecule has 6 heteroatoms. The van der Waals surface area contributed by atoms with Crippen molar-refractivity contribution < 1.29 is 19.4 Å². The Kier molecular flexibility index (Phi) is 8.52. The number of ether oxygens (including phenoxy) is 1. The topological polar surface area (TPSA) is 78.9 Å². The zero-order chi connectivity index (χ0) is 24.5. The molecule has 0 saturated heterocycles. The molecule has 0 aliphatic carbocycles. The SMILES string of the molecule is O=C(O)c1ccc(-c2ccc3c(c2)CNCCCCCCCN3C(=O)COc2ccccc2)cc1. The predicted octanol–water partition coefficient (Wildman–Crippen LogP) is 5.52. The van der Waals surface area contributed by atoms with Crippen LogP contribution in [0, 0.1) is 0 Å². The molecule has 0 spiro atoms. The Hall–Kier alpha value is -3.64. The van der Waals surface area contributed by atoms with Crippen LogP contribution < -0.4 is 15.0 Å². The zero-order valence-electron chi connectivity index (χ0n) is 19.9. The number of carboxylic acid groups (broad SMARTS) is 1. The summed E-state index contributed by atoms with van der Waals surface area (Å²) in [5, 5.41) is 12.7. The molecule has 0 radical (unpaired) electrons. The number of nitrogens with one attached hydrogen (secondary N) is 1. The molecule has 182 valence electrons. The Morgan fingerprint density at radius 2 is 1.57 bits per heavy atom. The van der Waals surface area contributed by atoms with Crippen molar-refractivity contribution in [3.05, 3.63) is 83.9 Å². The van der Waals surface area contributed by atoms with Crippen molar-refractivity contribution in [1.29, 1.82) is 0 Å². The Morgan fingerprint density at radius 3 is 2.34 bits per heavy atom. The number of hydrogen-bond donors (Lipinski definition) is 2. The second-order valence-corrected chi connectivity index (χ2v) is 8.82. The van der Waals surface area contributed by atoms with Crippen LogP contribution in [0.5, 0.6) is 5.75 Å². The minimum absolute atomic E-state index is 0.0186. The number of nitrogens with zero attached hydrogens (tertiary/aromatic N) is 1. The van der Waals surface area contributed by atoms with Gasteiger partial charge in [0.05, 0.1) is 5.56 Å². The van der Waals surface area contributed by atoms with Gasteiger partial charge in [0.25, 0.3) is 5.91 Å².